The summed E-state index contributed by atoms with van der Waals surface area (Å²) in [5, 5.41) is 8.75. The number of carboxylic acid groups (broad SMARTS) is 1. The highest BCUT2D eigenvalue weighted by Gasteiger charge is 2.48. The molecule has 0 bridgehead atoms. The molecule has 1 saturated carbocycles. The molecule has 1 aliphatic carbocycles. The van der Waals surface area contributed by atoms with Gasteiger partial charge in [-0.15, -0.1) is 0 Å². The Labute approximate surface area is 99.4 Å². The van der Waals surface area contributed by atoms with E-state index in [9.17, 15) is 13.6 Å². The van der Waals surface area contributed by atoms with Crippen molar-refractivity contribution in [2.24, 2.45) is 0 Å². The third kappa shape index (κ3) is 1.96. The largest absolute Gasteiger partial charge is 0.481 e. The third-order valence-corrected chi connectivity index (χ3v) is 3.37. The number of hydrogen-bond acceptors (Lipinski definition) is 1. The van der Waals surface area contributed by atoms with Gasteiger partial charge in [-0.1, -0.05) is 15.9 Å². The van der Waals surface area contributed by atoms with E-state index in [0.29, 0.717) is 17.3 Å². The van der Waals surface area contributed by atoms with Crippen molar-refractivity contribution in [2.45, 2.75) is 24.7 Å². The zero-order chi connectivity index (χ0) is 11.9. The molecular formula is C11H9BrF2O2. The van der Waals surface area contributed by atoms with E-state index < -0.39 is 23.0 Å². The molecule has 0 aromatic heterocycles. The zero-order valence-electron chi connectivity index (χ0n) is 8.27. The van der Waals surface area contributed by atoms with E-state index in [1.165, 1.54) is 6.07 Å². The maximum Gasteiger partial charge on any atom is 0.304 e. The van der Waals surface area contributed by atoms with E-state index in [-0.39, 0.29) is 12.0 Å². The van der Waals surface area contributed by atoms with E-state index in [2.05, 4.69) is 15.9 Å². The first-order valence-corrected chi connectivity index (χ1v) is 5.61. The second-order valence-electron chi connectivity index (χ2n) is 4.10. The summed E-state index contributed by atoms with van der Waals surface area (Å²) in [6.07, 6.45) is 1.03. The van der Waals surface area contributed by atoms with Gasteiger partial charge < -0.3 is 5.11 Å². The van der Waals surface area contributed by atoms with Crippen molar-refractivity contribution < 1.29 is 18.7 Å². The molecule has 0 atom stereocenters. The summed E-state index contributed by atoms with van der Waals surface area (Å²) in [5.74, 6) is -2.86. The minimum atomic E-state index is -0.989. The van der Waals surface area contributed by atoms with Crippen LogP contribution >= 0.6 is 15.9 Å². The van der Waals surface area contributed by atoms with Crippen molar-refractivity contribution in [2.75, 3.05) is 0 Å². The standard InChI is InChI=1S/C11H9BrF2O2/c12-6-3-7(10(14)8(13)4-6)11(1-2-11)5-9(15)16/h3-4H,1-2,5H2,(H,15,16). The Morgan fingerprint density at radius 3 is 2.56 bits per heavy atom. The van der Waals surface area contributed by atoms with Gasteiger partial charge in [-0.2, -0.15) is 0 Å². The second kappa shape index (κ2) is 3.80. The van der Waals surface area contributed by atoms with Crippen LogP contribution in [0.1, 0.15) is 24.8 Å². The average molecular weight is 291 g/mol. The van der Waals surface area contributed by atoms with Crippen LogP contribution in [0.5, 0.6) is 0 Å². The Bertz CT molecular complexity index is 456. The number of hydrogen-bond donors (Lipinski definition) is 1. The van der Waals surface area contributed by atoms with Crippen molar-refractivity contribution >= 4 is 21.9 Å². The van der Waals surface area contributed by atoms with Crippen LogP contribution in [0.25, 0.3) is 0 Å². The van der Waals surface area contributed by atoms with Gasteiger partial charge in [-0.3, -0.25) is 4.79 Å². The number of benzene rings is 1. The molecule has 16 heavy (non-hydrogen) atoms. The Morgan fingerprint density at radius 2 is 2.06 bits per heavy atom. The lowest BCUT2D eigenvalue weighted by molar-refractivity contribution is -0.137. The normalized spacial score (nSPS) is 17.2. The Balaban J connectivity index is 2.44. The summed E-state index contributed by atoms with van der Waals surface area (Å²) in [4.78, 5) is 10.7. The molecule has 0 radical (unpaired) electrons. The molecule has 1 fully saturated rings. The molecule has 1 N–H and O–H groups in total. The Kier molecular flexibility index (Phi) is 2.74. The zero-order valence-corrected chi connectivity index (χ0v) is 9.85. The molecule has 2 nitrogen and oxygen atoms in total. The first kappa shape index (κ1) is 11.5. The lowest BCUT2D eigenvalue weighted by Crippen LogP contribution is -2.15. The summed E-state index contributed by atoms with van der Waals surface area (Å²) >= 11 is 3.08. The monoisotopic (exact) mass is 290 g/mol. The fourth-order valence-corrected chi connectivity index (χ4v) is 2.35. The van der Waals surface area contributed by atoms with Crippen molar-refractivity contribution in [1.29, 1.82) is 0 Å². The van der Waals surface area contributed by atoms with Crippen LogP contribution in [-0.2, 0) is 10.2 Å². The van der Waals surface area contributed by atoms with Crippen molar-refractivity contribution in [3.8, 4) is 0 Å². The van der Waals surface area contributed by atoms with Crippen LogP contribution in [0.15, 0.2) is 16.6 Å². The van der Waals surface area contributed by atoms with Gasteiger partial charge >= 0.3 is 5.97 Å². The van der Waals surface area contributed by atoms with Crippen LogP contribution < -0.4 is 0 Å². The number of rotatable bonds is 3. The molecule has 0 unspecified atom stereocenters. The third-order valence-electron chi connectivity index (χ3n) is 2.91. The highest BCUT2D eigenvalue weighted by Crippen LogP contribution is 2.52. The molecule has 1 aromatic carbocycles. The molecule has 86 valence electrons. The van der Waals surface area contributed by atoms with E-state index in [0.717, 1.165) is 6.07 Å². The SMILES string of the molecule is O=C(O)CC1(c2cc(Br)cc(F)c2F)CC1. The molecule has 1 aromatic rings. The summed E-state index contributed by atoms with van der Waals surface area (Å²) in [7, 11) is 0. The van der Waals surface area contributed by atoms with Crippen LogP contribution in [0.2, 0.25) is 0 Å². The van der Waals surface area contributed by atoms with Gasteiger partial charge in [-0.05, 0) is 30.5 Å². The van der Waals surface area contributed by atoms with Gasteiger partial charge in [-0.25, -0.2) is 8.78 Å². The van der Waals surface area contributed by atoms with Crippen LogP contribution in [0, 0.1) is 11.6 Å². The maximum absolute atomic E-state index is 13.6. The van der Waals surface area contributed by atoms with Gasteiger partial charge in [0.25, 0.3) is 0 Å². The van der Waals surface area contributed by atoms with E-state index in [4.69, 9.17) is 5.11 Å². The Morgan fingerprint density at radius 1 is 1.44 bits per heavy atom. The summed E-state index contributed by atoms with van der Waals surface area (Å²) in [6.45, 7) is 0. The summed E-state index contributed by atoms with van der Waals surface area (Å²) in [6, 6.07) is 2.50. The molecule has 2 rings (SSSR count). The molecule has 0 amide bonds. The molecule has 0 aliphatic heterocycles. The van der Waals surface area contributed by atoms with Crippen LogP contribution in [0.4, 0.5) is 8.78 Å². The van der Waals surface area contributed by atoms with Gasteiger partial charge in [0.1, 0.15) is 0 Å². The van der Waals surface area contributed by atoms with Gasteiger partial charge in [0.2, 0.25) is 0 Å². The number of halogens is 3. The number of carboxylic acids is 1. The van der Waals surface area contributed by atoms with E-state index >= 15 is 0 Å². The molecule has 0 heterocycles. The molecule has 0 saturated heterocycles. The quantitative estimate of drug-likeness (QED) is 0.868. The fraction of sp³-hybridized carbons (Fsp3) is 0.364. The topological polar surface area (TPSA) is 37.3 Å². The first-order chi connectivity index (χ1) is 7.44. The molecule has 1 aliphatic rings. The lowest BCUT2D eigenvalue weighted by atomic mass is 9.92. The first-order valence-electron chi connectivity index (χ1n) is 4.81. The molecule has 5 heteroatoms. The molecule has 0 spiro atoms. The van der Waals surface area contributed by atoms with E-state index in [1.54, 1.807) is 0 Å². The molecular weight excluding hydrogens is 282 g/mol. The van der Waals surface area contributed by atoms with Crippen molar-refractivity contribution in [1.82, 2.24) is 0 Å². The smallest absolute Gasteiger partial charge is 0.304 e. The van der Waals surface area contributed by atoms with Gasteiger partial charge in [0, 0.05) is 9.89 Å². The highest BCUT2D eigenvalue weighted by atomic mass is 79.9. The number of aliphatic carboxylic acids is 1. The summed E-state index contributed by atoms with van der Waals surface area (Å²) < 4.78 is 27.2. The van der Waals surface area contributed by atoms with Crippen LogP contribution in [-0.4, -0.2) is 11.1 Å². The van der Waals surface area contributed by atoms with Crippen molar-refractivity contribution in [3.63, 3.8) is 0 Å². The minimum absolute atomic E-state index is 0.153. The van der Waals surface area contributed by atoms with Gasteiger partial charge in [0.15, 0.2) is 11.6 Å². The summed E-state index contributed by atoms with van der Waals surface area (Å²) in [5.41, 5.74) is -0.539. The second-order valence-corrected chi connectivity index (χ2v) is 5.02. The predicted molar refractivity (Wildman–Crippen MR) is 57.2 cm³/mol. The number of carbonyl (C=O) groups is 1. The average Bonchev–Trinajstić information content (AvgIpc) is 2.91. The highest BCUT2D eigenvalue weighted by molar-refractivity contribution is 9.10. The Hall–Kier alpha value is -0.970. The van der Waals surface area contributed by atoms with E-state index in [1.807, 2.05) is 0 Å². The van der Waals surface area contributed by atoms with Crippen molar-refractivity contribution in [3.05, 3.63) is 33.8 Å². The fourth-order valence-electron chi connectivity index (χ4n) is 1.92. The van der Waals surface area contributed by atoms with Crippen LogP contribution in [0.3, 0.4) is 0 Å². The predicted octanol–water partition coefficient (Wildman–Crippen LogP) is 3.23. The van der Waals surface area contributed by atoms with Gasteiger partial charge in [0.05, 0.1) is 6.42 Å². The minimum Gasteiger partial charge on any atom is -0.481 e. The lowest BCUT2D eigenvalue weighted by Gasteiger charge is -2.14. The maximum atomic E-state index is 13.6.